The predicted molar refractivity (Wildman–Crippen MR) is 59.7 cm³/mol. The van der Waals surface area contributed by atoms with Crippen LogP contribution in [0.25, 0.3) is 0 Å². The third-order valence-electron chi connectivity index (χ3n) is 4.19. The molecule has 2 fully saturated rings. The van der Waals surface area contributed by atoms with Crippen molar-refractivity contribution in [3.63, 3.8) is 0 Å². The second kappa shape index (κ2) is 3.00. The topological polar surface area (TPSA) is 0 Å². The molecular formula is C13H15Cl. The molecule has 0 aromatic heterocycles. The molecule has 0 spiro atoms. The van der Waals surface area contributed by atoms with E-state index in [1.54, 1.807) is 0 Å². The van der Waals surface area contributed by atoms with Gasteiger partial charge in [0.2, 0.25) is 0 Å². The first-order chi connectivity index (χ1) is 6.80. The lowest BCUT2D eigenvalue weighted by atomic mass is 9.78. The standard InChI is InChI=1S/C13H15Cl/c14-12-4-2-1-3-11(12)13-7-5-10(9-13)6-8-13/h1-4,10H,5-9H2. The maximum atomic E-state index is 6.29. The molecule has 0 atom stereocenters. The summed E-state index contributed by atoms with van der Waals surface area (Å²) in [5, 5.41) is 0.982. The fourth-order valence-corrected chi connectivity index (χ4v) is 3.80. The summed E-state index contributed by atoms with van der Waals surface area (Å²) < 4.78 is 0. The van der Waals surface area contributed by atoms with Crippen molar-refractivity contribution in [2.75, 3.05) is 0 Å². The van der Waals surface area contributed by atoms with E-state index in [0.29, 0.717) is 5.41 Å². The van der Waals surface area contributed by atoms with Crippen molar-refractivity contribution < 1.29 is 0 Å². The number of hydrogen-bond donors (Lipinski definition) is 0. The lowest BCUT2D eigenvalue weighted by Gasteiger charge is -2.28. The molecule has 2 aliphatic carbocycles. The lowest BCUT2D eigenvalue weighted by molar-refractivity contribution is 0.419. The van der Waals surface area contributed by atoms with Gasteiger partial charge < -0.3 is 0 Å². The molecule has 0 saturated heterocycles. The highest BCUT2D eigenvalue weighted by molar-refractivity contribution is 6.31. The van der Waals surface area contributed by atoms with Gasteiger partial charge in [0, 0.05) is 5.02 Å². The van der Waals surface area contributed by atoms with Crippen LogP contribution in [0, 0.1) is 5.92 Å². The van der Waals surface area contributed by atoms with Crippen LogP contribution in [0.4, 0.5) is 0 Å². The summed E-state index contributed by atoms with van der Waals surface area (Å²) in [4.78, 5) is 0. The highest BCUT2D eigenvalue weighted by atomic mass is 35.5. The SMILES string of the molecule is Clc1ccccc1C12CCC(CC1)C2. The maximum absolute atomic E-state index is 6.29. The van der Waals surface area contributed by atoms with Crippen LogP contribution in [0.1, 0.15) is 37.7 Å². The Hall–Kier alpha value is -0.490. The number of fused-ring (bicyclic) bond motifs is 2. The van der Waals surface area contributed by atoms with Gasteiger partial charge in [-0.3, -0.25) is 0 Å². The molecule has 0 nitrogen and oxygen atoms in total. The van der Waals surface area contributed by atoms with E-state index in [1.807, 2.05) is 12.1 Å². The molecule has 1 aromatic rings. The Labute approximate surface area is 90.3 Å². The zero-order valence-electron chi connectivity index (χ0n) is 8.30. The van der Waals surface area contributed by atoms with Crippen LogP contribution in [0.5, 0.6) is 0 Å². The summed E-state index contributed by atoms with van der Waals surface area (Å²) >= 11 is 6.29. The van der Waals surface area contributed by atoms with E-state index >= 15 is 0 Å². The summed E-state index contributed by atoms with van der Waals surface area (Å²) in [5.74, 6) is 0.992. The lowest BCUT2D eigenvalue weighted by Crippen LogP contribution is -2.19. The first-order valence-electron chi connectivity index (χ1n) is 5.55. The van der Waals surface area contributed by atoms with Gasteiger partial charge in [-0.05, 0) is 55.1 Å². The number of benzene rings is 1. The quantitative estimate of drug-likeness (QED) is 0.647. The average Bonchev–Trinajstić information content (AvgIpc) is 2.79. The highest BCUT2D eigenvalue weighted by Gasteiger charge is 2.46. The molecule has 1 heteroatoms. The van der Waals surface area contributed by atoms with Crippen molar-refractivity contribution in [1.82, 2.24) is 0 Å². The van der Waals surface area contributed by atoms with Crippen molar-refractivity contribution in [2.24, 2.45) is 5.92 Å². The zero-order chi connectivity index (χ0) is 9.60. The van der Waals surface area contributed by atoms with Crippen LogP contribution in [0.2, 0.25) is 5.02 Å². The van der Waals surface area contributed by atoms with Crippen molar-refractivity contribution >= 4 is 11.6 Å². The molecule has 0 N–H and O–H groups in total. The summed E-state index contributed by atoms with van der Waals surface area (Å²) in [6.07, 6.45) is 6.95. The average molecular weight is 207 g/mol. The smallest absolute Gasteiger partial charge is 0.0443 e. The normalized spacial score (nSPS) is 35.1. The van der Waals surface area contributed by atoms with Gasteiger partial charge in [0.25, 0.3) is 0 Å². The van der Waals surface area contributed by atoms with E-state index in [2.05, 4.69) is 12.1 Å². The molecule has 0 aliphatic heterocycles. The van der Waals surface area contributed by atoms with Gasteiger partial charge in [-0.2, -0.15) is 0 Å². The Bertz CT molecular complexity index is 348. The molecule has 2 aliphatic rings. The van der Waals surface area contributed by atoms with Gasteiger partial charge in [0.1, 0.15) is 0 Å². The van der Waals surface area contributed by atoms with Gasteiger partial charge >= 0.3 is 0 Å². The molecular weight excluding hydrogens is 192 g/mol. The van der Waals surface area contributed by atoms with Gasteiger partial charge in [-0.15, -0.1) is 0 Å². The Morgan fingerprint density at radius 2 is 1.86 bits per heavy atom. The van der Waals surface area contributed by atoms with E-state index in [4.69, 9.17) is 11.6 Å². The van der Waals surface area contributed by atoms with Crippen molar-refractivity contribution in [2.45, 2.75) is 37.5 Å². The summed E-state index contributed by atoms with van der Waals surface area (Å²) in [7, 11) is 0. The minimum atomic E-state index is 0.461. The second-order valence-corrected chi connectivity index (χ2v) is 5.31. The predicted octanol–water partition coefficient (Wildman–Crippen LogP) is 4.17. The monoisotopic (exact) mass is 206 g/mol. The molecule has 2 saturated carbocycles. The Kier molecular flexibility index (Phi) is 1.88. The summed E-state index contributed by atoms with van der Waals surface area (Å²) in [5.41, 5.74) is 1.88. The molecule has 0 unspecified atom stereocenters. The van der Waals surface area contributed by atoms with E-state index < -0.39 is 0 Å². The first-order valence-corrected chi connectivity index (χ1v) is 5.93. The van der Waals surface area contributed by atoms with Crippen molar-refractivity contribution in [3.8, 4) is 0 Å². The highest BCUT2D eigenvalue weighted by Crippen LogP contribution is 2.56. The van der Waals surface area contributed by atoms with E-state index in [0.717, 1.165) is 10.9 Å². The summed E-state index contributed by atoms with van der Waals surface area (Å²) in [6.45, 7) is 0. The molecule has 74 valence electrons. The van der Waals surface area contributed by atoms with Crippen LogP contribution in [-0.4, -0.2) is 0 Å². The number of halogens is 1. The fourth-order valence-electron chi connectivity index (χ4n) is 3.46. The molecule has 2 bridgehead atoms. The van der Waals surface area contributed by atoms with Crippen LogP contribution < -0.4 is 0 Å². The minimum Gasteiger partial charge on any atom is -0.0840 e. The van der Waals surface area contributed by atoms with E-state index in [9.17, 15) is 0 Å². The second-order valence-electron chi connectivity index (χ2n) is 4.91. The van der Waals surface area contributed by atoms with E-state index in [1.165, 1.54) is 37.7 Å². The molecule has 0 heterocycles. The Morgan fingerprint density at radius 3 is 2.43 bits per heavy atom. The molecule has 0 radical (unpaired) electrons. The Morgan fingerprint density at radius 1 is 1.14 bits per heavy atom. The van der Waals surface area contributed by atoms with Crippen LogP contribution in [0.15, 0.2) is 24.3 Å². The van der Waals surface area contributed by atoms with Crippen molar-refractivity contribution in [3.05, 3.63) is 34.9 Å². The Balaban J connectivity index is 2.06. The first kappa shape index (κ1) is 8.79. The van der Waals surface area contributed by atoms with Crippen LogP contribution in [0.3, 0.4) is 0 Å². The zero-order valence-corrected chi connectivity index (χ0v) is 9.06. The number of hydrogen-bond acceptors (Lipinski definition) is 0. The maximum Gasteiger partial charge on any atom is 0.0443 e. The summed E-state index contributed by atoms with van der Waals surface area (Å²) in [6, 6.07) is 8.43. The molecule has 1 aromatic carbocycles. The third-order valence-corrected chi connectivity index (χ3v) is 4.52. The molecule has 14 heavy (non-hydrogen) atoms. The number of rotatable bonds is 1. The third kappa shape index (κ3) is 1.13. The molecule has 3 rings (SSSR count). The fraction of sp³-hybridized carbons (Fsp3) is 0.538. The van der Waals surface area contributed by atoms with Crippen LogP contribution >= 0.6 is 11.6 Å². The van der Waals surface area contributed by atoms with Crippen molar-refractivity contribution in [1.29, 1.82) is 0 Å². The van der Waals surface area contributed by atoms with Crippen LogP contribution in [-0.2, 0) is 5.41 Å². The van der Waals surface area contributed by atoms with Gasteiger partial charge in [-0.25, -0.2) is 0 Å². The van der Waals surface area contributed by atoms with Gasteiger partial charge in [0.05, 0.1) is 0 Å². The van der Waals surface area contributed by atoms with Gasteiger partial charge in [-0.1, -0.05) is 29.8 Å². The largest absolute Gasteiger partial charge is 0.0840 e. The minimum absolute atomic E-state index is 0.461. The van der Waals surface area contributed by atoms with Gasteiger partial charge in [0.15, 0.2) is 0 Å². The van der Waals surface area contributed by atoms with E-state index in [-0.39, 0.29) is 0 Å². The molecule has 0 amide bonds.